The van der Waals surface area contributed by atoms with Gasteiger partial charge in [-0.1, -0.05) is 43.2 Å². The Bertz CT molecular complexity index is 2630. The van der Waals surface area contributed by atoms with Crippen molar-refractivity contribution >= 4 is 55.5 Å². The number of nitro groups is 1. The standard InChI is InChI=1S/C45H47ClN6O7S/c1-45(2)13-11-31(39(24-45)29-5-7-33(46)8-6-29)26-50-15-17-51(18-16-50)34-9-10-37(42(21-34)59-35-19-30-12-14-47-43(30)48-25-35)44(53)49-60(56,57)36-22-40(52(54)55)38-20-32(28-3-4-28)27-58-41(38)23-36/h5-10,12,14,19,21-23,25,28,32H,3-4,11,13,15-18,20,24,26-27H2,1-2H3,(H,47,48)(H,49,53)/t32-/m1/s1. The highest BCUT2D eigenvalue weighted by molar-refractivity contribution is 7.90. The van der Waals surface area contributed by atoms with E-state index >= 15 is 0 Å². The molecule has 0 radical (unpaired) electrons. The molecule has 9 rings (SSSR count). The van der Waals surface area contributed by atoms with Crippen LogP contribution in [0.3, 0.4) is 0 Å². The Morgan fingerprint density at radius 3 is 2.58 bits per heavy atom. The number of ether oxygens (including phenoxy) is 2. The monoisotopic (exact) mass is 850 g/mol. The molecule has 2 aromatic heterocycles. The van der Waals surface area contributed by atoms with Crippen molar-refractivity contribution in [1.82, 2.24) is 19.6 Å². The average molecular weight is 851 g/mol. The van der Waals surface area contributed by atoms with E-state index in [1.54, 1.807) is 30.5 Å². The molecule has 1 amide bonds. The van der Waals surface area contributed by atoms with Gasteiger partial charge in [-0.2, -0.15) is 0 Å². The number of sulfonamides is 1. The van der Waals surface area contributed by atoms with E-state index in [1.165, 1.54) is 29.0 Å². The number of benzene rings is 3. The Kier molecular flexibility index (Phi) is 10.6. The van der Waals surface area contributed by atoms with Crippen LogP contribution < -0.4 is 19.1 Å². The molecule has 2 aliphatic heterocycles. The normalized spacial score (nSPS) is 19.4. The average Bonchev–Trinajstić information content (AvgIpc) is 3.98. The van der Waals surface area contributed by atoms with Crippen LogP contribution in [0.4, 0.5) is 11.4 Å². The minimum Gasteiger partial charge on any atom is -0.493 e. The summed E-state index contributed by atoms with van der Waals surface area (Å²) in [6.45, 7) is 9.02. The number of anilines is 1. The maximum Gasteiger partial charge on any atom is 0.277 e. The molecule has 1 saturated carbocycles. The number of amides is 1. The Hall–Kier alpha value is -5.44. The molecule has 4 aliphatic rings. The number of hydrogen-bond acceptors (Lipinski definition) is 10. The number of pyridine rings is 1. The highest BCUT2D eigenvalue weighted by atomic mass is 35.5. The number of aromatic nitrogens is 2. The predicted molar refractivity (Wildman–Crippen MR) is 230 cm³/mol. The van der Waals surface area contributed by atoms with Crippen LogP contribution in [0.1, 0.15) is 67.4 Å². The molecule has 13 nitrogen and oxygen atoms in total. The number of hydrogen-bond donors (Lipinski definition) is 2. The minimum atomic E-state index is -4.59. The number of piperazine rings is 1. The molecular weight excluding hydrogens is 804 g/mol. The molecule has 2 fully saturated rings. The van der Waals surface area contributed by atoms with Crippen molar-refractivity contribution in [2.24, 2.45) is 17.3 Å². The smallest absolute Gasteiger partial charge is 0.277 e. The summed E-state index contributed by atoms with van der Waals surface area (Å²) < 4.78 is 41.9. The first-order valence-corrected chi connectivity index (χ1v) is 22.4. The van der Waals surface area contributed by atoms with Gasteiger partial charge in [0, 0.05) is 79.1 Å². The molecule has 1 saturated heterocycles. The van der Waals surface area contributed by atoms with E-state index in [2.05, 4.69) is 50.5 Å². The molecule has 2 aliphatic carbocycles. The van der Waals surface area contributed by atoms with Gasteiger partial charge in [0.15, 0.2) is 0 Å². The van der Waals surface area contributed by atoms with Gasteiger partial charge in [0.05, 0.1) is 33.7 Å². The van der Waals surface area contributed by atoms with E-state index in [4.69, 9.17) is 21.1 Å². The number of halogens is 1. The fourth-order valence-corrected chi connectivity index (χ4v) is 9.99. The maximum atomic E-state index is 14.0. The van der Waals surface area contributed by atoms with Gasteiger partial charge in [0.2, 0.25) is 0 Å². The molecule has 3 aromatic carbocycles. The van der Waals surface area contributed by atoms with Crippen LogP contribution in [0.25, 0.3) is 16.6 Å². The molecule has 5 aromatic rings. The molecule has 60 heavy (non-hydrogen) atoms. The van der Waals surface area contributed by atoms with E-state index < -0.39 is 25.7 Å². The van der Waals surface area contributed by atoms with E-state index in [-0.39, 0.29) is 34.1 Å². The van der Waals surface area contributed by atoms with Gasteiger partial charge in [0.1, 0.15) is 22.9 Å². The van der Waals surface area contributed by atoms with E-state index in [9.17, 15) is 23.3 Å². The number of nitro benzene ring substituents is 1. The largest absolute Gasteiger partial charge is 0.493 e. The number of fused-ring (bicyclic) bond motifs is 2. The van der Waals surface area contributed by atoms with Crippen LogP contribution >= 0.6 is 11.6 Å². The van der Waals surface area contributed by atoms with Crippen LogP contribution in [0.2, 0.25) is 5.02 Å². The van der Waals surface area contributed by atoms with Crippen molar-refractivity contribution in [2.75, 3.05) is 44.2 Å². The van der Waals surface area contributed by atoms with Gasteiger partial charge in [-0.3, -0.25) is 19.8 Å². The number of aromatic amines is 1. The van der Waals surface area contributed by atoms with Crippen LogP contribution in [-0.4, -0.2) is 73.4 Å². The summed E-state index contributed by atoms with van der Waals surface area (Å²) in [6, 6.07) is 19.2. The second kappa shape index (κ2) is 15.9. The van der Waals surface area contributed by atoms with Gasteiger partial charge in [-0.25, -0.2) is 18.1 Å². The molecule has 1 atom stereocenters. The lowest BCUT2D eigenvalue weighted by Crippen LogP contribution is -2.47. The number of nitrogens with zero attached hydrogens (tertiary/aromatic N) is 4. The van der Waals surface area contributed by atoms with Gasteiger partial charge in [-0.05, 0) is 97.4 Å². The summed E-state index contributed by atoms with van der Waals surface area (Å²) in [5, 5.41) is 13.7. The van der Waals surface area contributed by atoms with Gasteiger partial charge < -0.3 is 19.4 Å². The second-order valence-electron chi connectivity index (χ2n) is 17.3. The first kappa shape index (κ1) is 40.0. The van der Waals surface area contributed by atoms with Crippen molar-refractivity contribution < 1.29 is 27.6 Å². The van der Waals surface area contributed by atoms with Crippen molar-refractivity contribution in [3.05, 3.63) is 117 Å². The predicted octanol–water partition coefficient (Wildman–Crippen LogP) is 8.78. The molecule has 2 N–H and O–H groups in total. The number of rotatable bonds is 11. The quantitative estimate of drug-likeness (QED) is 0.0972. The highest BCUT2D eigenvalue weighted by Crippen LogP contribution is 2.46. The third kappa shape index (κ3) is 8.45. The van der Waals surface area contributed by atoms with Crippen LogP contribution in [-0.2, 0) is 16.4 Å². The molecule has 0 unspecified atom stereocenters. The van der Waals surface area contributed by atoms with Crippen molar-refractivity contribution in [1.29, 1.82) is 0 Å². The molecule has 0 bridgehead atoms. The lowest BCUT2D eigenvalue weighted by Gasteiger charge is -2.39. The fraction of sp³-hybridized carbons (Fsp3) is 0.378. The number of H-pyrrole nitrogens is 1. The van der Waals surface area contributed by atoms with E-state index in [1.807, 2.05) is 18.2 Å². The first-order valence-electron chi connectivity index (χ1n) is 20.5. The summed E-state index contributed by atoms with van der Waals surface area (Å²) in [5.41, 5.74) is 5.83. The molecule has 0 spiro atoms. The maximum absolute atomic E-state index is 14.0. The number of carbonyl (C=O) groups is 1. The summed E-state index contributed by atoms with van der Waals surface area (Å²) in [6.07, 6.45) is 9.05. The summed E-state index contributed by atoms with van der Waals surface area (Å²) >= 11 is 6.24. The lowest BCUT2D eigenvalue weighted by molar-refractivity contribution is -0.386. The Balaban J connectivity index is 0.955. The van der Waals surface area contributed by atoms with E-state index in [0.29, 0.717) is 35.9 Å². The minimum absolute atomic E-state index is 0.0343. The van der Waals surface area contributed by atoms with Crippen molar-refractivity contribution in [3.8, 4) is 17.2 Å². The summed E-state index contributed by atoms with van der Waals surface area (Å²) in [4.78, 5) is 37.3. The topological polar surface area (TPSA) is 160 Å². The number of carbonyl (C=O) groups excluding carboxylic acids is 1. The zero-order chi connectivity index (χ0) is 41.8. The summed E-state index contributed by atoms with van der Waals surface area (Å²) in [7, 11) is -4.59. The van der Waals surface area contributed by atoms with E-state index in [0.717, 1.165) is 87.0 Å². The van der Waals surface area contributed by atoms with Gasteiger partial charge in [0.25, 0.3) is 21.6 Å². The Labute approximate surface area is 353 Å². The van der Waals surface area contributed by atoms with Crippen molar-refractivity contribution in [3.63, 3.8) is 0 Å². The lowest BCUT2D eigenvalue weighted by atomic mass is 9.72. The molecule has 312 valence electrons. The third-order valence-corrected chi connectivity index (χ3v) is 14.0. The number of allylic oxidation sites excluding steroid dienone is 1. The van der Waals surface area contributed by atoms with Crippen LogP contribution in [0, 0.1) is 27.4 Å². The SMILES string of the molecule is CC1(C)CCC(CN2CCN(c3ccc(C(=O)NS(=O)(=O)c4cc5c(c([N+](=O)[O-])c4)C[C@@H](C4CC4)CO5)c(Oc4cnc5[nH]ccc5c4)c3)CC2)=C(c2ccc(Cl)cc2)C1. The fourth-order valence-electron chi connectivity index (χ4n) is 8.86. The molecular formula is C45H47ClN6O7S. The zero-order valence-electron chi connectivity index (χ0n) is 33.6. The first-order chi connectivity index (χ1) is 28.8. The third-order valence-electron chi connectivity index (χ3n) is 12.4. The Morgan fingerprint density at radius 1 is 1.05 bits per heavy atom. The zero-order valence-corrected chi connectivity index (χ0v) is 35.2. The van der Waals surface area contributed by atoms with Crippen molar-refractivity contribution in [2.45, 2.75) is 57.3 Å². The highest BCUT2D eigenvalue weighted by Gasteiger charge is 2.38. The second-order valence-corrected chi connectivity index (χ2v) is 19.4. The van der Waals surface area contributed by atoms with Gasteiger partial charge in [-0.15, -0.1) is 0 Å². The van der Waals surface area contributed by atoms with Gasteiger partial charge >= 0.3 is 0 Å². The Morgan fingerprint density at radius 2 is 1.83 bits per heavy atom. The molecule has 4 heterocycles. The number of nitrogens with one attached hydrogen (secondary N) is 2. The molecule has 15 heteroatoms. The summed E-state index contributed by atoms with van der Waals surface area (Å²) in [5.74, 6) is 0.295. The van der Waals surface area contributed by atoms with Crippen LogP contribution in [0.15, 0.2) is 89.6 Å². The van der Waals surface area contributed by atoms with Crippen LogP contribution in [0.5, 0.6) is 17.2 Å².